The second-order valence-corrected chi connectivity index (χ2v) is 6.52. The van der Waals surface area contributed by atoms with Gasteiger partial charge in [-0.15, -0.1) is 0 Å². The quantitative estimate of drug-likeness (QED) is 0.771. The maximum Gasteiger partial charge on any atom is 0.239 e. The lowest BCUT2D eigenvalue weighted by atomic mass is 10.2. The molecular formula is C8H7Cl3O2S. The predicted octanol–water partition coefficient (Wildman–Crippen LogP) is 3.62. The summed E-state index contributed by atoms with van der Waals surface area (Å²) in [6.07, 6.45) is 0. The van der Waals surface area contributed by atoms with Crippen molar-refractivity contribution < 1.29 is 8.42 Å². The average Bonchev–Trinajstić information content (AvgIpc) is 2.01. The molecule has 0 aliphatic carbocycles. The maximum atomic E-state index is 11.1. The van der Waals surface area contributed by atoms with Gasteiger partial charge in [0.1, 0.15) is 5.25 Å². The van der Waals surface area contributed by atoms with E-state index in [9.17, 15) is 8.42 Å². The zero-order valence-electron chi connectivity index (χ0n) is 7.17. The van der Waals surface area contributed by atoms with Crippen LogP contribution in [-0.4, -0.2) is 8.42 Å². The van der Waals surface area contributed by atoms with Crippen LogP contribution in [0, 0.1) is 0 Å². The molecule has 1 aromatic carbocycles. The smallest absolute Gasteiger partial charge is 0.212 e. The second-order valence-electron chi connectivity index (χ2n) is 2.75. The third kappa shape index (κ3) is 2.54. The first kappa shape index (κ1) is 12.1. The van der Waals surface area contributed by atoms with Gasteiger partial charge in [0.05, 0.1) is 0 Å². The first-order valence-electron chi connectivity index (χ1n) is 3.71. The molecule has 78 valence electrons. The highest BCUT2D eigenvalue weighted by atomic mass is 35.7. The standard InChI is InChI=1S/C8H7Cl3O2S/c1-5(14(11,12)13)8-6(9)3-2-4-7(8)10/h2-5H,1H3. The summed E-state index contributed by atoms with van der Waals surface area (Å²) in [5.74, 6) is 0. The van der Waals surface area contributed by atoms with Gasteiger partial charge in [-0.25, -0.2) is 8.42 Å². The lowest BCUT2D eigenvalue weighted by Gasteiger charge is -2.11. The average molecular weight is 274 g/mol. The van der Waals surface area contributed by atoms with Gasteiger partial charge in [-0.3, -0.25) is 0 Å². The molecular weight excluding hydrogens is 267 g/mol. The normalized spacial score (nSPS) is 14.0. The molecule has 0 spiro atoms. The lowest BCUT2D eigenvalue weighted by molar-refractivity contribution is 0.600. The van der Waals surface area contributed by atoms with Gasteiger partial charge >= 0.3 is 0 Å². The summed E-state index contributed by atoms with van der Waals surface area (Å²) in [5.41, 5.74) is 0.339. The molecule has 0 saturated carbocycles. The molecule has 14 heavy (non-hydrogen) atoms. The molecule has 1 aromatic rings. The minimum absolute atomic E-state index is 0.300. The van der Waals surface area contributed by atoms with Gasteiger partial charge in [0.25, 0.3) is 0 Å². The summed E-state index contributed by atoms with van der Waals surface area (Å²) < 4.78 is 22.2. The Morgan fingerprint density at radius 1 is 1.21 bits per heavy atom. The first-order chi connectivity index (χ1) is 6.34. The molecule has 0 saturated heterocycles. The van der Waals surface area contributed by atoms with Gasteiger partial charge in [0, 0.05) is 26.3 Å². The molecule has 1 unspecified atom stereocenters. The number of hydrogen-bond acceptors (Lipinski definition) is 2. The highest BCUT2D eigenvalue weighted by Crippen LogP contribution is 2.35. The minimum Gasteiger partial charge on any atom is -0.212 e. The molecule has 1 rings (SSSR count). The summed E-state index contributed by atoms with van der Waals surface area (Å²) in [7, 11) is 1.52. The van der Waals surface area contributed by atoms with E-state index in [0.29, 0.717) is 15.6 Å². The van der Waals surface area contributed by atoms with Crippen LogP contribution in [0.25, 0.3) is 0 Å². The van der Waals surface area contributed by atoms with Crippen LogP contribution in [0.15, 0.2) is 18.2 Å². The SMILES string of the molecule is CC(c1c(Cl)cccc1Cl)S(=O)(=O)Cl. The van der Waals surface area contributed by atoms with E-state index in [2.05, 4.69) is 0 Å². The number of rotatable bonds is 2. The van der Waals surface area contributed by atoms with Gasteiger partial charge in [-0.1, -0.05) is 29.3 Å². The van der Waals surface area contributed by atoms with Crippen LogP contribution in [0.2, 0.25) is 10.0 Å². The summed E-state index contributed by atoms with van der Waals surface area (Å²) in [4.78, 5) is 0. The van der Waals surface area contributed by atoms with E-state index in [0.717, 1.165) is 0 Å². The molecule has 0 N–H and O–H groups in total. The van der Waals surface area contributed by atoms with Gasteiger partial charge in [0.2, 0.25) is 9.05 Å². The molecule has 0 aliphatic heterocycles. The molecule has 0 radical (unpaired) electrons. The van der Waals surface area contributed by atoms with Crippen LogP contribution in [0.1, 0.15) is 17.7 Å². The van der Waals surface area contributed by atoms with Crippen molar-refractivity contribution in [1.82, 2.24) is 0 Å². The summed E-state index contributed by atoms with van der Waals surface area (Å²) in [6, 6.07) is 4.78. The number of benzene rings is 1. The van der Waals surface area contributed by atoms with E-state index in [1.807, 2.05) is 0 Å². The van der Waals surface area contributed by atoms with Crippen molar-refractivity contribution >= 4 is 42.9 Å². The van der Waals surface area contributed by atoms with E-state index in [4.69, 9.17) is 33.9 Å². The highest BCUT2D eigenvalue weighted by molar-refractivity contribution is 8.13. The van der Waals surface area contributed by atoms with Crippen LogP contribution in [0.5, 0.6) is 0 Å². The number of hydrogen-bond donors (Lipinski definition) is 0. The van der Waals surface area contributed by atoms with Crippen molar-refractivity contribution in [2.45, 2.75) is 12.2 Å². The summed E-state index contributed by atoms with van der Waals surface area (Å²) >= 11 is 11.6. The highest BCUT2D eigenvalue weighted by Gasteiger charge is 2.24. The molecule has 0 aromatic heterocycles. The van der Waals surface area contributed by atoms with Gasteiger partial charge in [-0.05, 0) is 19.1 Å². The third-order valence-corrected chi connectivity index (χ3v) is 4.37. The van der Waals surface area contributed by atoms with Crippen molar-refractivity contribution in [3.63, 3.8) is 0 Å². The monoisotopic (exact) mass is 272 g/mol. The molecule has 0 aliphatic rings. The molecule has 0 bridgehead atoms. The van der Waals surface area contributed by atoms with Crippen LogP contribution < -0.4 is 0 Å². The predicted molar refractivity (Wildman–Crippen MR) is 59.6 cm³/mol. The Morgan fingerprint density at radius 3 is 2.00 bits per heavy atom. The fraction of sp³-hybridized carbons (Fsp3) is 0.250. The zero-order chi connectivity index (χ0) is 10.9. The molecule has 0 heterocycles. The molecule has 1 atom stereocenters. The second kappa shape index (κ2) is 4.27. The van der Waals surface area contributed by atoms with Crippen molar-refractivity contribution in [2.75, 3.05) is 0 Å². The van der Waals surface area contributed by atoms with Crippen molar-refractivity contribution in [2.24, 2.45) is 0 Å². The molecule has 0 amide bonds. The van der Waals surface area contributed by atoms with E-state index in [1.54, 1.807) is 18.2 Å². The Balaban J connectivity index is 3.33. The summed E-state index contributed by atoms with van der Waals surface area (Å²) in [6.45, 7) is 1.44. The van der Waals surface area contributed by atoms with Crippen LogP contribution in [-0.2, 0) is 9.05 Å². The zero-order valence-corrected chi connectivity index (χ0v) is 10.3. The topological polar surface area (TPSA) is 34.1 Å². The Labute approximate surface area is 97.2 Å². The largest absolute Gasteiger partial charge is 0.239 e. The van der Waals surface area contributed by atoms with Crippen molar-refractivity contribution in [1.29, 1.82) is 0 Å². The Bertz CT molecular complexity index is 422. The van der Waals surface area contributed by atoms with Crippen LogP contribution in [0.3, 0.4) is 0 Å². The van der Waals surface area contributed by atoms with E-state index >= 15 is 0 Å². The molecule has 6 heteroatoms. The van der Waals surface area contributed by atoms with E-state index in [1.165, 1.54) is 6.92 Å². The van der Waals surface area contributed by atoms with Crippen LogP contribution >= 0.6 is 33.9 Å². The Morgan fingerprint density at radius 2 is 1.64 bits per heavy atom. The molecule has 2 nitrogen and oxygen atoms in total. The first-order valence-corrected chi connectivity index (χ1v) is 6.84. The van der Waals surface area contributed by atoms with Gasteiger partial charge in [-0.2, -0.15) is 0 Å². The minimum atomic E-state index is -3.70. The lowest BCUT2D eigenvalue weighted by Crippen LogP contribution is -2.04. The third-order valence-electron chi connectivity index (χ3n) is 1.83. The Kier molecular flexibility index (Phi) is 3.69. The molecule has 0 fully saturated rings. The van der Waals surface area contributed by atoms with E-state index < -0.39 is 14.3 Å². The van der Waals surface area contributed by atoms with E-state index in [-0.39, 0.29) is 0 Å². The van der Waals surface area contributed by atoms with Gasteiger partial charge in [0.15, 0.2) is 0 Å². The van der Waals surface area contributed by atoms with Crippen molar-refractivity contribution in [3.8, 4) is 0 Å². The Hall–Kier alpha value is 0.0400. The van der Waals surface area contributed by atoms with Crippen LogP contribution in [0.4, 0.5) is 0 Å². The summed E-state index contributed by atoms with van der Waals surface area (Å²) in [5, 5.41) is -0.311. The van der Waals surface area contributed by atoms with Crippen molar-refractivity contribution in [3.05, 3.63) is 33.8 Å². The fourth-order valence-electron chi connectivity index (χ4n) is 1.04. The number of halogens is 3. The maximum absolute atomic E-state index is 11.1. The fourth-order valence-corrected chi connectivity index (χ4v) is 2.70. The van der Waals surface area contributed by atoms with Gasteiger partial charge < -0.3 is 0 Å².